The summed E-state index contributed by atoms with van der Waals surface area (Å²) in [5.41, 5.74) is 0. The van der Waals surface area contributed by atoms with E-state index < -0.39 is 8.32 Å². The van der Waals surface area contributed by atoms with Gasteiger partial charge in [0.15, 0.2) is 8.32 Å². The SMILES string of the molecule is CCCCCN(CCCCC)CCN1CCN(CCC[Si](C)(C)OCC)CC1. The molecule has 5 heteroatoms. The fourth-order valence-electron chi connectivity index (χ4n) is 4.22. The molecule has 28 heavy (non-hydrogen) atoms. The van der Waals surface area contributed by atoms with Gasteiger partial charge in [0.1, 0.15) is 0 Å². The second kappa shape index (κ2) is 15.8. The van der Waals surface area contributed by atoms with Crippen LogP contribution in [0, 0.1) is 0 Å². The van der Waals surface area contributed by atoms with Gasteiger partial charge in [0, 0.05) is 45.9 Å². The number of hydrogen-bond donors (Lipinski definition) is 0. The fourth-order valence-corrected chi connectivity index (χ4v) is 6.15. The molecule has 0 aromatic carbocycles. The standard InChI is InChI=1S/C23H51N3OSi/c1-6-9-11-14-24(15-12-10-7-2)17-20-26-21-18-25(19-22-26)16-13-23-28(4,5)27-8-3/h6-23H2,1-5H3. The molecule has 1 rings (SSSR count). The first-order valence-electron chi connectivity index (χ1n) is 12.3. The molecule has 1 aliphatic rings. The van der Waals surface area contributed by atoms with Crippen LogP contribution >= 0.6 is 0 Å². The van der Waals surface area contributed by atoms with Gasteiger partial charge in [0.25, 0.3) is 0 Å². The summed E-state index contributed by atoms with van der Waals surface area (Å²) >= 11 is 0. The van der Waals surface area contributed by atoms with Gasteiger partial charge in [0.2, 0.25) is 0 Å². The molecule has 1 fully saturated rings. The van der Waals surface area contributed by atoms with Crippen LogP contribution < -0.4 is 0 Å². The number of unbranched alkanes of at least 4 members (excludes halogenated alkanes) is 4. The molecule has 0 atom stereocenters. The van der Waals surface area contributed by atoms with Gasteiger partial charge in [-0.3, -0.25) is 4.90 Å². The van der Waals surface area contributed by atoms with Crippen LogP contribution in [0.2, 0.25) is 19.1 Å². The summed E-state index contributed by atoms with van der Waals surface area (Å²) in [4.78, 5) is 8.10. The van der Waals surface area contributed by atoms with E-state index in [4.69, 9.17) is 4.43 Å². The minimum Gasteiger partial charge on any atom is -0.418 e. The van der Waals surface area contributed by atoms with Crippen LogP contribution in [0.25, 0.3) is 0 Å². The molecule has 0 unspecified atom stereocenters. The van der Waals surface area contributed by atoms with E-state index >= 15 is 0 Å². The first kappa shape index (κ1) is 26.1. The predicted octanol–water partition coefficient (Wildman–Crippen LogP) is 4.92. The van der Waals surface area contributed by atoms with Crippen molar-refractivity contribution in [2.24, 2.45) is 0 Å². The number of nitrogens with zero attached hydrogens (tertiary/aromatic N) is 3. The van der Waals surface area contributed by atoms with Crippen LogP contribution in [-0.4, -0.2) is 88.5 Å². The van der Waals surface area contributed by atoms with Crippen LogP contribution in [0.4, 0.5) is 0 Å². The Balaban J connectivity index is 2.20. The lowest BCUT2D eigenvalue weighted by Crippen LogP contribution is -2.48. The Kier molecular flexibility index (Phi) is 14.8. The van der Waals surface area contributed by atoms with E-state index in [0.29, 0.717) is 0 Å². The molecular weight excluding hydrogens is 362 g/mol. The van der Waals surface area contributed by atoms with Crippen molar-refractivity contribution in [3.63, 3.8) is 0 Å². The van der Waals surface area contributed by atoms with Gasteiger partial charge in [-0.05, 0) is 65.0 Å². The fraction of sp³-hybridized carbons (Fsp3) is 1.00. The maximum absolute atomic E-state index is 5.97. The second-order valence-electron chi connectivity index (χ2n) is 9.24. The first-order chi connectivity index (χ1) is 13.5. The smallest absolute Gasteiger partial charge is 0.186 e. The number of piperazine rings is 1. The average molecular weight is 414 g/mol. The summed E-state index contributed by atoms with van der Waals surface area (Å²) in [5.74, 6) is 0. The zero-order valence-corrected chi connectivity index (χ0v) is 21.0. The summed E-state index contributed by atoms with van der Waals surface area (Å²) in [7, 11) is -1.40. The Morgan fingerprint density at radius 1 is 0.714 bits per heavy atom. The van der Waals surface area contributed by atoms with E-state index in [0.717, 1.165) is 6.61 Å². The van der Waals surface area contributed by atoms with Crippen LogP contribution in [0.1, 0.15) is 65.7 Å². The average Bonchev–Trinajstić information content (AvgIpc) is 2.67. The first-order valence-corrected chi connectivity index (χ1v) is 15.4. The Morgan fingerprint density at radius 3 is 1.75 bits per heavy atom. The van der Waals surface area contributed by atoms with Crippen molar-refractivity contribution in [3.05, 3.63) is 0 Å². The third-order valence-corrected chi connectivity index (χ3v) is 8.77. The van der Waals surface area contributed by atoms with E-state index in [-0.39, 0.29) is 0 Å². The van der Waals surface area contributed by atoms with E-state index in [2.05, 4.69) is 48.6 Å². The highest BCUT2D eigenvalue weighted by Crippen LogP contribution is 2.14. The van der Waals surface area contributed by atoms with Crippen molar-refractivity contribution in [1.82, 2.24) is 14.7 Å². The highest BCUT2D eigenvalue weighted by molar-refractivity contribution is 6.71. The van der Waals surface area contributed by atoms with Crippen molar-refractivity contribution in [2.75, 3.05) is 65.5 Å². The van der Waals surface area contributed by atoms with Crippen molar-refractivity contribution in [3.8, 4) is 0 Å². The summed E-state index contributed by atoms with van der Waals surface area (Å²) in [6.45, 7) is 23.8. The lowest BCUT2D eigenvalue weighted by atomic mass is 10.2. The zero-order valence-electron chi connectivity index (χ0n) is 20.0. The summed E-state index contributed by atoms with van der Waals surface area (Å²) < 4.78 is 5.97. The number of rotatable bonds is 17. The van der Waals surface area contributed by atoms with Crippen LogP contribution in [0.15, 0.2) is 0 Å². The molecular formula is C23H51N3OSi. The Labute approximate surface area is 178 Å². The van der Waals surface area contributed by atoms with Crippen LogP contribution in [-0.2, 0) is 4.43 Å². The van der Waals surface area contributed by atoms with E-state index in [1.807, 2.05) is 0 Å². The van der Waals surface area contributed by atoms with Crippen LogP contribution in [0.3, 0.4) is 0 Å². The molecule has 1 aliphatic heterocycles. The Morgan fingerprint density at radius 2 is 1.25 bits per heavy atom. The summed E-state index contributed by atoms with van der Waals surface area (Å²) in [6.07, 6.45) is 9.47. The number of hydrogen-bond acceptors (Lipinski definition) is 4. The highest BCUT2D eigenvalue weighted by atomic mass is 28.4. The maximum Gasteiger partial charge on any atom is 0.186 e. The molecule has 0 radical (unpaired) electrons. The largest absolute Gasteiger partial charge is 0.418 e. The molecule has 168 valence electrons. The Bertz CT molecular complexity index is 350. The zero-order chi connectivity index (χ0) is 20.7. The molecule has 0 aromatic heterocycles. The van der Waals surface area contributed by atoms with Gasteiger partial charge in [-0.2, -0.15) is 0 Å². The third kappa shape index (κ3) is 12.6. The lowest BCUT2D eigenvalue weighted by molar-refractivity contribution is 0.117. The normalized spacial score (nSPS) is 16.9. The van der Waals surface area contributed by atoms with E-state index in [1.54, 1.807) is 0 Å². The lowest BCUT2D eigenvalue weighted by Gasteiger charge is -2.36. The molecule has 1 saturated heterocycles. The van der Waals surface area contributed by atoms with Crippen LogP contribution in [0.5, 0.6) is 0 Å². The molecule has 1 heterocycles. The second-order valence-corrected chi connectivity index (χ2v) is 13.5. The minimum absolute atomic E-state index is 0.881. The van der Waals surface area contributed by atoms with E-state index in [1.165, 1.54) is 110 Å². The van der Waals surface area contributed by atoms with Gasteiger partial charge in [0.05, 0.1) is 0 Å². The Hall–Kier alpha value is 0.0569. The van der Waals surface area contributed by atoms with Gasteiger partial charge < -0.3 is 14.2 Å². The highest BCUT2D eigenvalue weighted by Gasteiger charge is 2.22. The molecule has 0 amide bonds. The monoisotopic (exact) mass is 413 g/mol. The molecule has 4 nitrogen and oxygen atoms in total. The molecule has 0 aliphatic carbocycles. The molecule has 0 aromatic rings. The molecule has 0 bridgehead atoms. The van der Waals surface area contributed by atoms with Gasteiger partial charge >= 0.3 is 0 Å². The molecule has 0 saturated carbocycles. The molecule has 0 N–H and O–H groups in total. The maximum atomic E-state index is 5.97. The summed E-state index contributed by atoms with van der Waals surface area (Å²) in [6, 6.07) is 1.30. The van der Waals surface area contributed by atoms with Gasteiger partial charge in [-0.1, -0.05) is 39.5 Å². The van der Waals surface area contributed by atoms with Crippen molar-refractivity contribution in [2.45, 2.75) is 84.9 Å². The van der Waals surface area contributed by atoms with Gasteiger partial charge in [-0.15, -0.1) is 0 Å². The predicted molar refractivity (Wildman–Crippen MR) is 127 cm³/mol. The minimum atomic E-state index is -1.40. The van der Waals surface area contributed by atoms with Crippen molar-refractivity contribution < 1.29 is 4.43 Å². The van der Waals surface area contributed by atoms with Crippen molar-refractivity contribution >= 4 is 8.32 Å². The summed E-state index contributed by atoms with van der Waals surface area (Å²) in [5, 5.41) is 0. The third-order valence-electron chi connectivity index (χ3n) is 6.14. The quantitative estimate of drug-likeness (QED) is 0.249. The van der Waals surface area contributed by atoms with E-state index in [9.17, 15) is 0 Å². The van der Waals surface area contributed by atoms with Crippen molar-refractivity contribution in [1.29, 1.82) is 0 Å². The molecule has 0 spiro atoms. The topological polar surface area (TPSA) is 19.0 Å². The van der Waals surface area contributed by atoms with Gasteiger partial charge in [-0.25, -0.2) is 0 Å².